The molecule has 0 aromatic heterocycles. The van der Waals surface area contributed by atoms with Crippen LogP contribution in [0.1, 0.15) is 12.0 Å². The number of hydrogen-bond donors (Lipinski definition) is 4. The predicted octanol–water partition coefficient (Wildman–Crippen LogP) is 1.40. The lowest BCUT2D eigenvalue weighted by atomic mass is 9.97. The molecular formula is C17H18F3NO8. The monoisotopic (exact) mass is 421 g/mol. The molecule has 1 heterocycles. The molecule has 0 amide bonds. The second-order valence-electron chi connectivity index (χ2n) is 6.90. The first-order valence-corrected chi connectivity index (χ1v) is 8.14. The second-order valence-corrected chi connectivity index (χ2v) is 6.90. The number of carboxylic acids is 3. The zero-order chi connectivity index (χ0) is 22.2. The molecule has 2 fully saturated rings. The summed E-state index contributed by atoms with van der Waals surface area (Å²) in [6, 6.07) is 4.67. The van der Waals surface area contributed by atoms with E-state index in [0.717, 1.165) is 0 Å². The van der Waals surface area contributed by atoms with Gasteiger partial charge < -0.3 is 25.2 Å². The van der Waals surface area contributed by atoms with Crippen molar-refractivity contribution in [1.82, 2.24) is 4.90 Å². The van der Waals surface area contributed by atoms with Gasteiger partial charge in [-0.15, -0.1) is 0 Å². The lowest BCUT2D eigenvalue weighted by molar-refractivity contribution is -0.192. The fraction of sp³-hybridized carbons (Fsp3) is 0.471. The third-order valence-electron chi connectivity index (χ3n) is 5.10. The highest BCUT2D eigenvalue weighted by Crippen LogP contribution is 2.68. The second kappa shape index (κ2) is 7.43. The summed E-state index contributed by atoms with van der Waals surface area (Å²) in [7, 11) is 1.51. The molecule has 9 nitrogen and oxygen atoms in total. The number of halogens is 3. The van der Waals surface area contributed by atoms with Crippen LogP contribution in [0.2, 0.25) is 0 Å². The van der Waals surface area contributed by atoms with Crippen molar-refractivity contribution in [2.45, 2.75) is 19.1 Å². The van der Waals surface area contributed by atoms with Gasteiger partial charge in [-0.05, 0) is 24.6 Å². The van der Waals surface area contributed by atoms with E-state index in [9.17, 15) is 38.1 Å². The van der Waals surface area contributed by atoms with Crippen LogP contribution in [0.15, 0.2) is 18.2 Å². The minimum Gasteiger partial charge on any atom is -0.508 e. The number of phenols is 1. The summed E-state index contributed by atoms with van der Waals surface area (Å²) in [6.45, 7) is 0.711. The van der Waals surface area contributed by atoms with Crippen LogP contribution >= 0.6 is 0 Å². The number of benzene rings is 1. The van der Waals surface area contributed by atoms with E-state index >= 15 is 0 Å². The van der Waals surface area contributed by atoms with E-state index in [1.807, 2.05) is 0 Å². The highest BCUT2D eigenvalue weighted by atomic mass is 19.4. The number of ether oxygens (including phenoxy) is 1. The molecule has 3 rings (SSSR count). The minimum absolute atomic E-state index is 0.0843. The Balaban J connectivity index is 0.000000370. The summed E-state index contributed by atoms with van der Waals surface area (Å²) in [5, 5.41) is 35.5. The molecule has 0 radical (unpaired) electrons. The number of aliphatic carboxylic acids is 3. The number of phenolic OH excluding ortho intramolecular Hbond substituents is 1. The molecular weight excluding hydrogens is 403 g/mol. The van der Waals surface area contributed by atoms with Gasteiger partial charge in [0.2, 0.25) is 0 Å². The quantitative estimate of drug-likeness (QED) is 0.554. The van der Waals surface area contributed by atoms with Crippen LogP contribution < -0.4 is 4.74 Å². The maximum absolute atomic E-state index is 11.5. The van der Waals surface area contributed by atoms with Gasteiger partial charge >= 0.3 is 24.1 Å². The number of aromatic hydroxyl groups is 1. The Kier molecular flexibility index (Phi) is 5.70. The number of likely N-dealkylation sites (tertiary alicyclic amines) is 1. The molecule has 29 heavy (non-hydrogen) atoms. The van der Waals surface area contributed by atoms with Gasteiger partial charge in [0.15, 0.2) is 0 Å². The Morgan fingerprint density at radius 1 is 1.10 bits per heavy atom. The van der Waals surface area contributed by atoms with Gasteiger partial charge in [0, 0.05) is 25.2 Å². The van der Waals surface area contributed by atoms with Crippen molar-refractivity contribution in [3.05, 3.63) is 23.8 Å². The van der Waals surface area contributed by atoms with Crippen molar-refractivity contribution >= 4 is 17.9 Å². The molecule has 1 aromatic rings. The number of rotatable bonds is 5. The molecule has 1 aromatic carbocycles. The Labute approximate surface area is 161 Å². The number of alkyl halides is 3. The van der Waals surface area contributed by atoms with Crippen LogP contribution in [-0.4, -0.2) is 69.6 Å². The summed E-state index contributed by atoms with van der Waals surface area (Å²) in [5.41, 5.74) is -1.68. The van der Waals surface area contributed by atoms with Crippen LogP contribution in [0.3, 0.4) is 0 Å². The molecule has 0 spiro atoms. The normalized spacial score (nSPS) is 25.4. The average molecular weight is 421 g/mol. The van der Waals surface area contributed by atoms with E-state index in [2.05, 4.69) is 0 Å². The van der Waals surface area contributed by atoms with Gasteiger partial charge in [0.25, 0.3) is 0 Å². The first kappa shape index (κ1) is 22.3. The molecule has 1 aliphatic heterocycles. The first-order chi connectivity index (χ1) is 13.3. The van der Waals surface area contributed by atoms with Crippen molar-refractivity contribution < 1.29 is 52.7 Å². The van der Waals surface area contributed by atoms with Crippen LogP contribution in [0, 0.1) is 10.8 Å². The standard InChI is InChI=1S/C15H17NO6.C2HF3O2/c1-22-11-3-2-10(17)4-9(11)5-16-7-14(12(18)19)6-15(14,8-16)13(20)21;3-2(4,5)1(6)7/h2-4,17H,5-8H2,1H3,(H,18,19)(H,20,21);(H,6,7)/t14-,15+;. The third kappa shape index (κ3) is 4.06. The summed E-state index contributed by atoms with van der Waals surface area (Å²) in [4.78, 5) is 33.7. The molecule has 12 heteroatoms. The minimum atomic E-state index is -5.08. The molecule has 1 aliphatic carbocycles. The Bertz CT molecular complexity index is 814. The lowest BCUT2D eigenvalue weighted by Gasteiger charge is -2.21. The van der Waals surface area contributed by atoms with E-state index in [1.165, 1.54) is 13.2 Å². The number of carbonyl (C=O) groups is 3. The topological polar surface area (TPSA) is 145 Å². The van der Waals surface area contributed by atoms with Gasteiger partial charge in [-0.1, -0.05) is 0 Å². The van der Waals surface area contributed by atoms with Crippen molar-refractivity contribution in [2.24, 2.45) is 10.8 Å². The van der Waals surface area contributed by atoms with Gasteiger partial charge in [0.1, 0.15) is 11.5 Å². The van der Waals surface area contributed by atoms with Gasteiger partial charge in [0.05, 0.1) is 17.9 Å². The molecule has 0 bridgehead atoms. The summed E-state index contributed by atoms with van der Waals surface area (Å²) >= 11 is 0. The molecule has 0 unspecified atom stereocenters. The number of carboxylic acid groups (broad SMARTS) is 3. The van der Waals surface area contributed by atoms with Crippen molar-refractivity contribution in [2.75, 3.05) is 20.2 Å². The smallest absolute Gasteiger partial charge is 0.490 e. The predicted molar refractivity (Wildman–Crippen MR) is 88.4 cm³/mol. The molecule has 4 N–H and O–H groups in total. The van der Waals surface area contributed by atoms with Gasteiger partial charge in [-0.2, -0.15) is 13.2 Å². The van der Waals surface area contributed by atoms with Crippen LogP contribution in [0.5, 0.6) is 11.5 Å². The van der Waals surface area contributed by atoms with E-state index < -0.39 is 34.9 Å². The van der Waals surface area contributed by atoms with E-state index in [0.29, 0.717) is 17.9 Å². The summed E-state index contributed by atoms with van der Waals surface area (Å²) in [6.07, 6.45) is -4.90. The molecule has 2 aliphatic rings. The van der Waals surface area contributed by atoms with Crippen molar-refractivity contribution in [1.29, 1.82) is 0 Å². The number of hydrogen-bond acceptors (Lipinski definition) is 6. The van der Waals surface area contributed by atoms with E-state index in [4.69, 9.17) is 14.6 Å². The fourth-order valence-electron chi connectivity index (χ4n) is 3.64. The maximum Gasteiger partial charge on any atom is 0.490 e. The molecule has 2 atom stereocenters. The number of nitrogens with zero attached hydrogens (tertiary/aromatic N) is 1. The largest absolute Gasteiger partial charge is 0.508 e. The van der Waals surface area contributed by atoms with E-state index in [-0.39, 0.29) is 25.3 Å². The fourth-order valence-corrected chi connectivity index (χ4v) is 3.64. The van der Waals surface area contributed by atoms with Crippen LogP contribution in [-0.2, 0) is 20.9 Å². The summed E-state index contributed by atoms with van der Waals surface area (Å²) in [5.74, 6) is -4.21. The van der Waals surface area contributed by atoms with Crippen molar-refractivity contribution in [3.63, 3.8) is 0 Å². The van der Waals surface area contributed by atoms with Crippen LogP contribution in [0.25, 0.3) is 0 Å². The first-order valence-electron chi connectivity index (χ1n) is 8.14. The number of piperidine rings is 1. The third-order valence-corrected chi connectivity index (χ3v) is 5.10. The zero-order valence-corrected chi connectivity index (χ0v) is 15.1. The zero-order valence-electron chi connectivity index (χ0n) is 15.1. The molecule has 1 saturated heterocycles. The Morgan fingerprint density at radius 2 is 1.59 bits per heavy atom. The van der Waals surface area contributed by atoms with Crippen molar-refractivity contribution in [3.8, 4) is 11.5 Å². The highest BCUT2D eigenvalue weighted by molar-refractivity contribution is 5.94. The molecule has 1 saturated carbocycles. The highest BCUT2D eigenvalue weighted by Gasteiger charge is 2.80. The Hall–Kier alpha value is -3.02. The number of fused-ring (bicyclic) bond motifs is 1. The van der Waals surface area contributed by atoms with E-state index in [1.54, 1.807) is 17.0 Å². The maximum atomic E-state index is 11.5. The number of methoxy groups -OCH3 is 1. The van der Waals surface area contributed by atoms with Crippen LogP contribution in [0.4, 0.5) is 13.2 Å². The lowest BCUT2D eigenvalue weighted by Crippen LogP contribution is -2.28. The molecule has 160 valence electrons. The van der Waals surface area contributed by atoms with Gasteiger partial charge in [-0.25, -0.2) is 4.79 Å². The SMILES string of the molecule is COc1ccc(O)cc1CN1C[C@@]2(C(=O)O)C[C@@]2(C(=O)O)C1.O=C(O)C(F)(F)F. The van der Waals surface area contributed by atoms with Gasteiger partial charge in [-0.3, -0.25) is 14.5 Å². The summed E-state index contributed by atoms with van der Waals surface area (Å²) < 4.78 is 37.0. The Morgan fingerprint density at radius 3 is 1.97 bits per heavy atom. The average Bonchev–Trinajstić information content (AvgIpc) is 3.14.